The van der Waals surface area contributed by atoms with E-state index in [1.807, 2.05) is 11.4 Å². The van der Waals surface area contributed by atoms with Gasteiger partial charge in [-0.15, -0.1) is 11.3 Å². The fourth-order valence-electron chi connectivity index (χ4n) is 1.09. The molecule has 0 unspecified atom stereocenters. The molecule has 0 aromatic carbocycles. The van der Waals surface area contributed by atoms with E-state index in [-0.39, 0.29) is 5.91 Å². The molecule has 0 saturated heterocycles. The summed E-state index contributed by atoms with van der Waals surface area (Å²) in [5, 5.41) is 7.99. The highest BCUT2D eigenvalue weighted by Gasteiger charge is 2.06. The van der Waals surface area contributed by atoms with Crippen molar-refractivity contribution < 1.29 is 4.79 Å². The Kier molecular flexibility index (Phi) is 5.90. The van der Waals surface area contributed by atoms with Crippen LogP contribution in [0.2, 0.25) is 0 Å². The second kappa shape index (κ2) is 6.98. The van der Waals surface area contributed by atoms with E-state index in [1.165, 1.54) is 11.3 Å². The number of halogens is 1. The molecular weight excluding hydrogens is 276 g/mol. The highest BCUT2D eigenvalue weighted by Crippen LogP contribution is 2.19. The average Bonchev–Trinajstić information content (AvgIpc) is 2.64. The minimum absolute atomic E-state index is 0.00370. The topological polar surface area (TPSA) is 41.1 Å². The molecule has 0 radical (unpaired) electrons. The van der Waals surface area contributed by atoms with Gasteiger partial charge in [0.25, 0.3) is 5.91 Å². The first kappa shape index (κ1) is 12.7. The lowest BCUT2D eigenvalue weighted by molar-refractivity contribution is 0.0958. The van der Waals surface area contributed by atoms with Crippen molar-refractivity contribution in [3.05, 3.63) is 20.8 Å². The summed E-state index contributed by atoms with van der Waals surface area (Å²) in [6, 6.07) is 1.83. The highest BCUT2D eigenvalue weighted by atomic mass is 79.9. The molecular formula is C10H15BrN2OS. The van der Waals surface area contributed by atoms with Crippen molar-refractivity contribution in [2.75, 3.05) is 19.6 Å². The second-order valence-corrected chi connectivity index (χ2v) is 4.96. The SMILES string of the molecule is CCCNCCNC(=O)c1cc(Br)cs1. The largest absolute Gasteiger partial charge is 0.350 e. The van der Waals surface area contributed by atoms with Crippen molar-refractivity contribution in [2.24, 2.45) is 0 Å². The van der Waals surface area contributed by atoms with Crippen LogP contribution < -0.4 is 10.6 Å². The molecule has 5 heteroatoms. The first-order valence-corrected chi connectivity index (χ1v) is 6.64. The van der Waals surface area contributed by atoms with E-state index in [2.05, 4.69) is 33.5 Å². The van der Waals surface area contributed by atoms with Gasteiger partial charge in [-0.05, 0) is 35.0 Å². The summed E-state index contributed by atoms with van der Waals surface area (Å²) in [5.74, 6) is 0.00370. The molecule has 84 valence electrons. The van der Waals surface area contributed by atoms with E-state index >= 15 is 0 Å². The fourth-order valence-corrected chi connectivity index (χ4v) is 2.43. The summed E-state index contributed by atoms with van der Waals surface area (Å²) >= 11 is 4.77. The van der Waals surface area contributed by atoms with E-state index in [9.17, 15) is 4.79 Å². The van der Waals surface area contributed by atoms with E-state index in [0.717, 1.165) is 28.9 Å². The number of carbonyl (C=O) groups is 1. The Morgan fingerprint density at radius 2 is 2.27 bits per heavy atom. The zero-order valence-electron chi connectivity index (χ0n) is 8.68. The maximum absolute atomic E-state index is 11.5. The minimum atomic E-state index is 0.00370. The Hall–Kier alpha value is -0.390. The summed E-state index contributed by atoms with van der Waals surface area (Å²) in [6.07, 6.45) is 1.12. The van der Waals surface area contributed by atoms with Crippen LogP contribution in [0.4, 0.5) is 0 Å². The van der Waals surface area contributed by atoms with Crippen LogP contribution in [0, 0.1) is 0 Å². The van der Waals surface area contributed by atoms with Gasteiger partial charge in [0.15, 0.2) is 0 Å². The van der Waals surface area contributed by atoms with Crippen LogP contribution in [0.5, 0.6) is 0 Å². The molecule has 3 nitrogen and oxygen atoms in total. The van der Waals surface area contributed by atoms with Crippen molar-refractivity contribution in [1.29, 1.82) is 0 Å². The average molecular weight is 291 g/mol. The van der Waals surface area contributed by atoms with Crippen LogP contribution in [0.25, 0.3) is 0 Å². The second-order valence-electron chi connectivity index (χ2n) is 3.14. The molecule has 0 saturated carbocycles. The molecule has 0 fully saturated rings. The Morgan fingerprint density at radius 3 is 2.87 bits per heavy atom. The van der Waals surface area contributed by atoms with Crippen LogP contribution >= 0.6 is 27.3 Å². The van der Waals surface area contributed by atoms with Crippen molar-refractivity contribution in [2.45, 2.75) is 13.3 Å². The maximum atomic E-state index is 11.5. The molecule has 15 heavy (non-hydrogen) atoms. The molecule has 2 N–H and O–H groups in total. The van der Waals surface area contributed by atoms with Gasteiger partial charge < -0.3 is 10.6 Å². The molecule has 1 aromatic rings. The lowest BCUT2D eigenvalue weighted by Gasteiger charge is -2.04. The molecule has 0 aliphatic carbocycles. The summed E-state index contributed by atoms with van der Waals surface area (Å²) in [5.41, 5.74) is 0. The number of hydrogen-bond acceptors (Lipinski definition) is 3. The minimum Gasteiger partial charge on any atom is -0.350 e. The molecule has 1 heterocycles. The van der Waals surface area contributed by atoms with Crippen molar-refractivity contribution in [1.82, 2.24) is 10.6 Å². The summed E-state index contributed by atoms with van der Waals surface area (Å²) in [6.45, 7) is 4.62. The van der Waals surface area contributed by atoms with E-state index in [1.54, 1.807) is 0 Å². The number of carbonyl (C=O) groups excluding carboxylic acids is 1. The van der Waals surface area contributed by atoms with Crippen LogP contribution in [0.15, 0.2) is 15.9 Å². The zero-order chi connectivity index (χ0) is 11.1. The third-order valence-corrected chi connectivity index (χ3v) is 3.50. The van der Waals surface area contributed by atoms with Gasteiger partial charge in [0, 0.05) is 22.9 Å². The van der Waals surface area contributed by atoms with Crippen LogP contribution in [-0.4, -0.2) is 25.5 Å². The molecule has 1 rings (SSSR count). The van der Waals surface area contributed by atoms with Crippen LogP contribution in [-0.2, 0) is 0 Å². The molecule has 0 atom stereocenters. The summed E-state index contributed by atoms with van der Waals surface area (Å²) < 4.78 is 0.960. The number of thiophene rings is 1. The van der Waals surface area contributed by atoms with Crippen molar-refractivity contribution in [3.63, 3.8) is 0 Å². The Morgan fingerprint density at radius 1 is 1.47 bits per heavy atom. The lowest BCUT2D eigenvalue weighted by atomic mass is 10.4. The number of amides is 1. The van der Waals surface area contributed by atoms with Gasteiger partial charge in [-0.25, -0.2) is 0 Å². The van der Waals surface area contributed by atoms with E-state index in [4.69, 9.17) is 0 Å². The van der Waals surface area contributed by atoms with Gasteiger partial charge in [0.05, 0.1) is 4.88 Å². The van der Waals surface area contributed by atoms with Crippen LogP contribution in [0.1, 0.15) is 23.0 Å². The summed E-state index contributed by atoms with van der Waals surface area (Å²) in [4.78, 5) is 12.3. The van der Waals surface area contributed by atoms with Crippen molar-refractivity contribution in [3.8, 4) is 0 Å². The van der Waals surface area contributed by atoms with Gasteiger partial charge >= 0.3 is 0 Å². The third-order valence-electron chi connectivity index (χ3n) is 1.81. The highest BCUT2D eigenvalue weighted by molar-refractivity contribution is 9.10. The number of hydrogen-bond donors (Lipinski definition) is 2. The smallest absolute Gasteiger partial charge is 0.261 e. The Bertz CT molecular complexity index is 314. The molecule has 1 amide bonds. The first-order chi connectivity index (χ1) is 7.24. The van der Waals surface area contributed by atoms with Crippen molar-refractivity contribution >= 4 is 33.2 Å². The normalized spacial score (nSPS) is 10.3. The predicted molar refractivity (Wildman–Crippen MR) is 67.5 cm³/mol. The zero-order valence-corrected chi connectivity index (χ0v) is 11.1. The molecule has 0 bridgehead atoms. The van der Waals surface area contributed by atoms with Gasteiger partial charge in [0.1, 0.15) is 0 Å². The number of rotatable bonds is 6. The fraction of sp³-hybridized carbons (Fsp3) is 0.500. The van der Waals surface area contributed by atoms with E-state index < -0.39 is 0 Å². The molecule has 1 aromatic heterocycles. The standard InChI is InChI=1S/C10H15BrN2OS/c1-2-3-12-4-5-13-10(14)9-6-8(11)7-15-9/h6-7,12H,2-5H2,1H3,(H,13,14). The van der Waals surface area contributed by atoms with E-state index in [0.29, 0.717) is 6.54 Å². The van der Waals surface area contributed by atoms with Crippen LogP contribution in [0.3, 0.4) is 0 Å². The van der Waals surface area contributed by atoms with Gasteiger partial charge in [0.2, 0.25) is 0 Å². The molecule has 0 spiro atoms. The Balaban J connectivity index is 2.19. The number of nitrogens with one attached hydrogen (secondary N) is 2. The van der Waals surface area contributed by atoms with Gasteiger partial charge in [-0.1, -0.05) is 6.92 Å². The Labute approximate surface area is 102 Å². The monoisotopic (exact) mass is 290 g/mol. The lowest BCUT2D eigenvalue weighted by Crippen LogP contribution is -2.31. The molecule has 0 aliphatic rings. The quantitative estimate of drug-likeness (QED) is 0.789. The first-order valence-electron chi connectivity index (χ1n) is 4.97. The summed E-state index contributed by atoms with van der Waals surface area (Å²) in [7, 11) is 0. The van der Waals surface area contributed by atoms with Gasteiger partial charge in [-0.2, -0.15) is 0 Å². The maximum Gasteiger partial charge on any atom is 0.261 e. The third kappa shape index (κ3) is 4.77. The predicted octanol–water partition coefficient (Wildman–Crippen LogP) is 2.24. The van der Waals surface area contributed by atoms with Gasteiger partial charge in [-0.3, -0.25) is 4.79 Å². The molecule has 0 aliphatic heterocycles.